The molecule has 0 unspecified atom stereocenters. The van der Waals surface area contributed by atoms with Gasteiger partial charge in [0, 0.05) is 43.0 Å². The van der Waals surface area contributed by atoms with Crippen molar-refractivity contribution < 1.29 is 0 Å². The van der Waals surface area contributed by atoms with Crippen LogP contribution in [0, 0.1) is 0 Å². The molecule has 3 heterocycles. The van der Waals surface area contributed by atoms with Crippen LogP contribution in [-0.4, -0.2) is 9.13 Å². The van der Waals surface area contributed by atoms with E-state index < -0.39 is 0 Å². The Hall–Kier alpha value is -5.90. The first kappa shape index (κ1) is 28.0. The summed E-state index contributed by atoms with van der Waals surface area (Å²) >= 11 is 1.89. The maximum Gasteiger partial charge on any atom is 0.0727 e. The molecule has 0 fully saturated rings. The van der Waals surface area contributed by atoms with E-state index in [1.807, 2.05) is 11.3 Å². The van der Waals surface area contributed by atoms with E-state index in [9.17, 15) is 0 Å². The van der Waals surface area contributed by atoms with Crippen LogP contribution in [0.5, 0.6) is 0 Å². The maximum absolute atomic E-state index is 2.46. The number of fused-ring (bicyclic) bond motifs is 11. The Kier molecular flexibility index (Phi) is 5.64. The minimum atomic E-state index is -0.0524. The maximum atomic E-state index is 2.46. The zero-order chi connectivity index (χ0) is 33.1. The summed E-state index contributed by atoms with van der Waals surface area (Å²) in [6, 6.07) is 58.4. The minimum Gasteiger partial charge on any atom is -0.309 e. The van der Waals surface area contributed by atoms with Gasteiger partial charge in [-0.2, -0.15) is 0 Å². The molecule has 2 nitrogen and oxygen atoms in total. The van der Waals surface area contributed by atoms with Crippen LogP contribution in [0.2, 0.25) is 0 Å². The molecule has 11 rings (SSSR count). The van der Waals surface area contributed by atoms with Gasteiger partial charge < -0.3 is 9.13 Å². The fourth-order valence-electron chi connectivity index (χ4n) is 8.74. The summed E-state index contributed by atoms with van der Waals surface area (Å²) in [7, 11) is 0. The molecule has 7 aromatic carbocycles. The van der Waals surface area contributed by atoms with Crippen molar-refractivity contribution in [1.29, 1.82) is 0 Å². The number of aromatic nitrogens is 2. The highest BCUT2D eigenvalue weighted by molar-refractivity contribution is 7.26. The Labute approximate surface area is 294 Å². The van der Waals surface area contributed by atoms with Crippen LogP contribution in [0.1, 0.15) is 25.0 Å². The van der Waals surface area contributed by atoms with E-state index in [2.05, 4.69) is 181 Å². The lowest BCUT2D eigenvalue weighted by Gasteiger charge is -2.21. The molecule has 0 spiro atoms. The molecule has 0 N–H and O–H groups in total. The second-order valence-electron chi connectivity index (χ2n) is 14.2. The lowest BCUT2D eigenvalue weighted by atomic mass is 9.82. The highest BCUT2D eigenvalue weighted by Crippen LogP contribution is 2.51. The Morgan fingerprint density at radius 2 is 1.12 bits per heavy atom. The van der Waals surface area contributed by atoms with Gasteiger partial charge in [-0.3, -0.25) is 0 Å². The molecule has 3 aromatic heterocycles. The van der Waals surface area contributed by atoms with E-state index in [1.165, 1.54) is 97.8 Å². The lowest BCUT2D eigenvalue weighted by molar-refractivity contribution is 0.661. The fraction of sp³-hybridized carbons (Fsp3) is 0.0638. The SMILES string of the molecule is CC1(C)c2ccccc2-c2cc3c4ccccc4n(-c4ccc(-c5ccc6c(c5)c5sc7ccccc7c5n6-c5ccccc5)cc4)c3cc21. The van der Waals surface area contributed by atoms with Gasteiger partial charge in [-0.05, 0) is 94.0 Å². The lowest BCUT2D eigenvalue weighted by Crippen LogP contribution is -2.14. The van der Waals surface area contributed by atoms with Crippen molar-refractivity contribution in [3.05, 3.63) is 169 Å². The van der Waals surface area contributed by atoms with Gasteiger partial charge in [0.15, 0.2) is 0 Å². The molecule has 0 atom stereocenters. The molecule has 10 aromatic rings. The normalized spacial score (nSPS) is 13.6. The fourth-order valence-corrected chi connectivity index (χ4v) is 9.95. The Balaban J connectivity index is 1.07. The van der Waals surface area contributed by atoms with Crippen LogP contribution in [0.25, 0.3) is 86.6 Å². The predicted octanol–water partition coefficient (Wildman–Crippen LogP) is 13.1. The Morgan fingerprint density at radius 3 is 1.98 bits per heavy atom. The number of rotatable bonds is 3. The van der Waals surface area contributed by atoms with Crippen molar-refractivity contribution in [3.63, 3.8) is 0 Å². The summed E-state index contributed by atoms with van der Waals surface area (Å²) in [6.07, 6.45) is 0. The molecule has 1 aliphatic rings. The molecule has 236 valence electrons. The molecule has 3 heteroatoms. The number of hydrogen-bond donors (Lipinski definition) is 0. The van der Waals surface area contributed by atoms with Gasteiger partial charge in [-0.15, -0.1) is 11.3 Å². The zero-order valence-electron chi connectivity index (χ0n) is 27.8. The molecule has 0 bridgehead atoms. The minimum absolute atomic E-state index is 0.0524. The number of para-hydroxylation sites is 2. The summed E-state index contributed by atoms with van der Waals surface area (Å²) in [6.45, 7) is 4.73. The van der Waals surface area contributed by atoms with Crippen molar-refractivity contribution in [3.8, 4) is 33.6 Å². The Morgan fingerprint density at radius 1 is 0.440 bits per heavy atom. The molecule has 50 heavy (non-hydrogen) atoms. The number of nitrogens with zero attached hydrogens (tertiary/aromatic N) is 2. The summed E-state index contributed by atoms with van der Waals surface area (Å²) in [4.78, 5) is 0. The van der Waals surface area contributed by atoms with Gasteiger partial charge in [0.25, 0.3) is 0 Å². The van der Waals surface area contributed by atoms with E-state index in [-0.39, 0.29) is 5.41 Å². The van der Waals surface area contributed by atoms with Crippen LogP contribution < -0.4 is 0 Å². The third kappa shape index (κ3) is 3.73. The quantitative estimate of drug-likeness (QED) is 0.179. The monoisotopic (exact) mass is 656 g/mol. The first-order chi connectivity index (χ1) is 24.6. The van der Waals surface area contributed by atoms with Gasteiger partial charge in [0.05, 0.1) is 26.8 Å². The van der Waals surface area contributed by atoms with Crippen LogP contribution >= 0.6 is 11.3 Å². The van der Waals surface area contributed by atoms with Crippen molar-refractivity contribution >= 4 is 64.3 Å². The van der Waals surface area contributed by atoms with Crippen molar-refractivity contribution in [2.24, 2.45) is 0 Å². The first-order valence-electron chi connectivity index (χ1n) is 17.4. The van der Waals surface area contributed by atoms with Gasteiger partial charge in [0.1, 0.15) is 0 Å². The van der Waals surface area contributed by atoms with Gasteiger partial charge in [0.2, 0.25) is 0 Å². The molecular weight excluding hydrogens is 625 g/mol. The topological polar surface area (TPSA) is 9.86 Å². The third-order valence-corrected chi connectivity index (χ3v) is 12.3. The van der Waals surface area contributed by atoms with E-state index >= 15 is 0 Å². The summed E-state index contributed by atoms with van der Waals surface area (Å²) < 4.78 is 7.56. The second-order valence-corrected chi connectivity index (χ2v) is 15.2. The zero-order valence-corrected chi connectivity index (χ0v) is 28.6. The highest BCUT2D eigenvalue weighted by Gasteiger charge is 2.36. The van der Waals surface area contributed by atoms with Crippen molar-refractivity contribution in [2.45, 2.75) is 19.3 Å². The van der Waals surface area contributed by atoms with Gasteiger partial charge in [-0.1, -0.05) is 111 Å². The number of hydrogen-bond acceptors (Lipinski definition) is 1. The van der Waals surface area contributed by atoms with Crippen LogP contribution in [0.3, 0.4) is 0 Å². The molecule has 0 aliphatic heterocycles. The van der Waals surface area contributed by atoms with Crippen molar-refractivity contribution in [2.75, 3.05) is 0 Å². The number of thiophene rings is 1. The van der Waals surface area contributed by atoms with Crippen LogP contribution in [0.4, 0.5) is 0 Å². The molecule has 0 radical (unpaired) electrons. The van der Waals surface area contributed by atoms with Gasteiger partial charge >= 0.3 is 0 Å². The second kappa shape index (κ2) is 10.1. The highest BCUT2D eigenvalue weighted by atomic mass is 32.1. The third-order valence-electron chi connectivity index (χ3n) is 11.1. The van der Waals surface area contributed by atoms with Crippen LogP contribution in [-0.2, 0) is 5.41 Å². The largest absolute Gasteiger partial charge is 0.309 e. The van der Waals surface area contributed by atoms with E-state index in [4.69, 9.17) is 0 Å². The number of benzene rings is 7. The summed E-state index contributed by atoms with van der Waals surface area (Å²) in [5, 5.41) is 5.20. The predicted molar refractivity (Wildman–Crippen MR) is 214 cm³/mol. The summed E-state index contributed by atoms with van der Waals surface area (Å²) in [5.74, 6) is 0. The van der Waals surface area contributed by atoms with E-state index in [1.54, 1.807) is 0 Å². The van der Waals surface area contributed by atoms with E-state index in [0.29, 0.717) is 0 Å². The smallest absolute Gasteiger partial charge is 0.0727 e. The molecule has 0 amide bonds. The molecule has 1 aliphatic carbocycles. The molecular formula is C47H32N2S. The average molecular weight is 657 g/mol. The Bertz CT molecular complexity index is 2990. The molecule has 0 saturated heterocycles. The van der Waals surface area contributed by atoms with E-state index in [0.717, 1.165) is 0 Å². The first-order valence-corrected chi connectivity index (χ1v) is 18.2. The summed E-state index contributed by atoms with van der Waals surface area (Å²) in [5.41, 5.74) is 15.3. The van der Waals surface area contributed by atoms with Crippen molar-refractivity contribution in [1.82, 2.24) is 9.13 Å². The average Bonchev–Trinajstić information content (AvgIpc) is 3.86. The van der Waals surface area contributed by atoms with Gasteiger partial charge in [-0.25, -0.2) is 0 Å². The van der Waals surface area contributed by atoms with Crippen LogP contribution in [0.15, 0.2) is 158 Å². The molecule has 0 saturated carbocycles. The standard InChI is InChI=1S/C47H32N2S/c1-47(2)39-17-9-6-14-33(39)36-27-37-34-15-7-10-18-41(34)48(43(37)28-40(36)47)32-23-20-29(21-24-32)30-22-25-42-38(26-30)46-45(35-16-8-11-19-44(35)50-46)49(42)31-12-4-3-5-13-31/h3-28H,1-2H3.